The van der Waals surface area contributed by atoms with Gasteiger partial charge < -0.3 is 14.2 Å². The molecule has 12 heteroatoms. The quantitative estimate of drug-likeness (QED) is 0.346. The summed E-state index contributed by atoms with van der Waals surface area (Å²) in [5, 5.41) is 13.0. The molecule has 0 amide bonds. The fourth-order valence-corrected chi connectivity index (χ4v) is 4.91. The molecule has 0 saturated heterocycles. The molecule has 0 aliphatic heterocycles. The van der Waals surface area contributed by atoms with Gasteiger partial charge in [0, 0.05) is 12.6 Å². The Morgan fingerprint density at radius 3 is 2.56 bits per heavy atom. The lowest BCUT2D eigenvalue weighted by Gasteiger charge is -2.12. The maximum atomic E-state index is 12.7. The number of aryl methyl sites for hydroxylation is 1. The highest BCUT2D eigenvalue weighted by Crippen LogP contribution is 2.30. The van der Waals surface area contributed by atoms with Crippen molar-refractivity contribution in [1.29, 1.82) is 0 Å². The van der Waals surface area contributed by atoms with Crippen molar-refractivity contribution >= 4 is 27.3 Å². The molecule has 0 saturated carbocycles. The number of rotatable bonds is 9. The van der Waals surface area contributed by atoms with Crippen LogP contribution < -0.4 is 18.9 Å². The average Bonchev–Trinajstić information content (AvgIpc) is 3.26. The van der Waals surface area contributed by atoms with E-state index >= 15 is 0 Å². The standard InChI is InChI=1S/C22H22ClN5O5S/c1-14-12-18(32-3)16(23)13-19(14)34(29,30)24-10-11-33-21-9-8-20-25-26-22(28(20)27-21)15-6-4-5-7-17(15)31-2/h4-9,12-13,24H,10-11H2,1-3H3. The molecule has 0 atom stereocenters. The van der Waals surface area contributed by atoms with Crippen LogP contribution in [0.25, 0.3) is 17.0 Å². The topological polar surface area (TPSA) is 117 Å². The van der Waals surface area contributed by atoms with Gasteiger partial charge in [-0.05, 0) is 42.8 Å². The highest BCUT2D eigenvalue weighted by atomic mass is 35.5. The van der Waals surface area contributed by atoms with Gasteiger partial charge in [-0.3, -0.25) is 0 Å². The van der Waals surface area contributed by atoms with E-state index in [0.717, 1.165) is 5.56 Å². The number of aromatic nitrogens is 4. The molecule has 34 heavy (non-hydrogen) atoms. The van der Waals surface area contributed by atoms with Crippen molar-refractivity contribution in [2.45, 2.75) is 11.8 Å². The van der Waals surface area contributed by atoms with Crippen LogP contribution in [-0.4, -0.2) is 55.6 Å². The molecule has 1 N–H and O–H groups in total. The fraction of sp³-hybridized carbons (Fsp3) is 0.227. The smallest absolute Gasteiger partial charge is 0.241 e. The lowest BCUT2D eigenvalue weighted by molar-refractivity contribution is 0.306. The van der Waals surface area contributed by atoms with Gasteiger partial charge in [0.05, 0.1) is 29.7 Å². The number of fused-ring (bicyclic) bond motifs is 1. The number of hydrogen-bond acceptors (Lipinski definition) is 8. The number of halogens is 1. The van der Waals surface area contributed by atoms with Gasteiger partial charge in [-0.15, -0.1) is 15.3 Å². The maximum Gasteiger partial charge on any atom is 0.241 e. The van der Waals surface area contributed by atoms with Crippen molar-refractivity contribution in [2.75, 3.05) is 27.4 Å². The van der Waals surface area contributed by atoms with E-state index < -0.39 is 10.0 Å². The fourth-order valence-electron chi connectivity index (χ4n) is 3.34. The van der Waals surface area contributed by atoms with Crippen molar-refractivity contribution in [3.05, 3.63) is 59.1 Å². The van der Waals surface area contributed by atoms with Crippen LogP contribution in [0.1, 0.15) is 5.56 Å². The summed E-state index contributed by atoms with van der Waals surface area (Å²) in [6, 6.07) is 13.7. The summed E-state index contributed by atoms with van der Waals surface area (Å²) >= 11 is 6.09. The van der Waals surface area contributed by atoms with Crippen LogP contribution in [-0.2, 0) is 10.0 Å². The van der Waals surface area contributed by atoms with Crippen LogP contribution in [0.3, 0.4) is 0 Å². The summed E-state index contributed by atoms with van der Waals surface area (Å²) in [4.78, 5) is 0.0729. The highest BCUT2D eigenvalue weighted by molar-refractivity contribution is 7.89. The van der Waals surface area contributed by atoms with Crippen molar-refractivity contribution in [2.24, 2.45) is 0 Å². The number of sulfonamides is 1. The summed E-state index contributed by atoms with van der Waals surface area (Å²) in [5.74, 6) is 1.81. The van der Waals surface area contributed by atoms with Gasteiger partial charge in [-0.2, -0.15) is 4.52 Å². The Balaban J connectivity index is 1.46. The van der Waals surface area contributed by atoms with E-state index in [4.69, 9.17) is 25.8 Å². The monoisotopic (exact) mass is 503 g/mol. The Hall–Kier alpha value is -3.41. The van der Waals surface area contributed by atoms with Gasteiger partial charge in [0.2, 0.25) is 15.9 Å². The van der Waals surface area contributed by atoms with Crippen LogP contribution in [0.5, 0.6) is 17.4 Å². The summed E-state index contributed by atoms with van der Waals surface area (Å²) in [7, 11) is -0.755. The van der Waals surface area contributed by atoms with E-state index in [0.29, 0.717) is 28.5 Å². The largest absolute Gasteiger partial charge is 0.496 e. The SMILES string of the molecule is COc1cc(C)c(S(=O)(=O)NCCOc2ccc3nnc(-c4ccccc4OC)n3n2)cc1Cl. The van der Waals surface area contributed by atoms with Gasteiger partial charge in [0.15, 0.2) is 11.5 Å². The normalized spacial score (nSPS) is 11.5. The predicted molar refractivity (Wildman–Crippen MR) is 126 cm³/mol. The molecule has 178 valence electrons. The number of methoxy groups -OCH3 is 2. The van der Waals surface area contributed by atoms with Gasteiger partial charge in [-0.1, -0.05) is 23.7 Å². The number of para-hydroxylation sites is 1. The Morgan fingerprint density at radius 2 is 1.79 bits per heavy atom. The molecule has 2 aromatic carbocycles. The molecule has 0 radical (unpaired) electrons. The van der Waals surface area contributed by atoms with E-state index in [1.165, 1.54) is 13.2 Å². The summed E-state index contributed by atoms with van der Waals surface area (Å²) in [6.07, 6.45) is 0. The first-order chi connectivity index (χ1) is 16.3. The number of hydrogen-bond donors (Lipinski definition) is 1. The van der Waals surface area contributed by atoms with Gasteiger partial charge >= 0.3 is 0 Å². The number of nitrogens with zero attached hydrogens (tertiary/aromatic N) is 4. The van der Waals surface area contributed by atoms with E-state index in [1.54, 1.807) is 36.7 Å². The second-order valence-electron chi connectivity index (χ2n) is 7.16. The number of ether oxygens (including phenoxy) is 3. The Morgan fingerprint density at radius 1 is 1.03 bits per heavy atom. The molecule has 10 nitrogen and oxygen atoms in total. The number of nitrogens with one attached hydrogen (secondary N) is 1. The minimum absolute atomic E-state index is 0.0205. The third-order valence-electron chi connectivity index (χ3n) is 4.97. The van der Waals surface area contributed by atoms with E-state index in [2.05, 4.69) is 20.0 Å². The Bertz CT molecular complexity index is 1440. The third kappa shape index (κ3) is 4.76. The van der Waals surface area contributed by atoms with Crippen molar-refractivity contribution in [3.8, 4) is 28.8 Å². The molecule has 2 aromatic heterocycles. The molecule has 2 heterocycles. The first-order valence-electron chi connectivity index (χ1n) is 10.2. The second kappa shape index (κ2) is 9.84. The van der Waals surface area contributed by atoms with Crippen LogP contribution >= 0.6 is 11.6 Å². The molecule has 0 bridgehead atoms. The molecular formula is C22H22ClN5O5S. The van der Waals surface area contributed by atoms with E-state index in [1.807, 2.05) is 24.3 Å². The molecule has 0 fully saturated rings. The molecule has 0 unspecified atom stereocenters. The van der Waals surface area contributed by atoms with Crippen LogP contribution in [0.15, 0.2) is 53.4 Å². The zero-order valence-electron chi connectivity index (χ0n) is 18.6. The summed E-state index contributed by atoms with van der Waals surface area (Å²) < 4.78 is 45.6. The maximum absolute atomic E-state index is 12.7. The molecule has 0 aliphatic rings. The molecule has 4 rings (SSSR count). The first-order valence-corrected chi connectivity index (χ1v) is 12.0. The Labute approximate surface area is 201 Å². The zero-order chi connectivity index (χ0) is 24.3. The van der Waals surface area contributed by atoms with Crippen molar-refractivity contribution < 1.29 is 22.6 Å². The van der Waals surface area contributed by atoms with Crippen LogP contribution in [0, 0.1) is 6.92 Å². The third-order valence-corrected chi connectivity index (χ3v) is 6.87. The first kappa shape index (κ1) is 23.7. The molecule has 0 spiro atoms. The van der Waals surface area contributed by atoms with E-state index in [9.17, 15) is 8.42 Å². The highest BCUT2D eigenvalue weighted by Gasteiger charge is 2.19. The Kier molecular flexibility index (Phi) is 6.87. The lowest BCUT2D eigenvalue weighted by Crippen LogP contribution is -2.29. The minimum atomic E-state index is -3.80. The number of benzene rings is 2. The zero-order valence-corrected chi connectivity index (χ0v) is 20.2. The molecule has 0 aliphatic carbocycles. The summed E-state index contributed by atoms with van der Waals surface area (Å²) in [6.45, 7) is 1.74. The second-order valence-corrected chi connectivity index (χ2v) is 9.31. The van der Waals surface area contributed by atoms with Crippen LogP contribution in [0.2, 0.25) is 5.02 Å². The molecule has 4 aromatic rings. The summed E-state index contributed by atoms with van der Waals surface area (Å²) in [5.41, 5.74) is 1.77. The average molecular weight is 504 g/mol. The van der Waals surface area contributed by atoms with Gasteiger partial charge in [0.1, 0.15) is 18.1 Å². The van der Waals surface area contributed by atoms with Gasteiger partial charge in [0.25, 0.3) is 0 Å². The lowest BCUT2D eigenvalue weighted by atomic mass is 10.2. The minimum Gasteiger partial charge on any atom is -0.496 e. The van der Waals surface area contributed by atoms with Crippen LogP contribution in [0.4, 0.5) is 0 Å². The molecular weight excluding hydrogens is 482 g/mol. The predicted octanol–water partition coefficient (Wildman–Crippen LogP) is 3.13. The van der Waals surface area contributed by atoms with E-state index in [-0.39, 0.29) is 28.9 Å². The van der Waals surface area contributed by atoms with Gasteiger partial charge in [-0.25, -0.2) is 13.1 Å². The van der Waals surface area contributed by atoms with Crippen molar-refractivity contribution in [1.82, 2.24) is 24.5 Å². The van der Waals surface area contributed by atoms with Crippen molar-refractivity contribution in [3.63, 3.8) is 0 Å².